The van der Waals surface area contributed by atoms with Gasteiger partial charge in [-0.2, -0.15) is 0 Å². The molecule has 0 aliphatic carbocycles. The third-order valence-corrected chi connectivity index (χ3v) is 4.93. The number of hydrogen-bond donors (Lipinski definition) is 2. The molecule has 4 nitrogen and oxygen atoms in total. The van der Waals surface area contributed by atoms with E-state index >= 15 is 0 Å². The average molecular weight is 364 g/mol. The predicted molar refractivity (Wildman–Crippen MR) is 110 cm³/mol. The topological polar surface area (TPSA) is 61.7 Å². The standard InChI is InChI=1S/C23H28N2O2/c1-22(2)14-19(15-23(3,4)25-22)24-20(16-8-6-5-7-9-16)17-10-12-18(13-11-17)21(26)27/h5-13,19,25H,14-15H2,1-4H3,(H,26,27). The summed E-state index contributed by atoms with van der Waals surface area (Å²) >= 11 is 0. The Kier molecular flexibility index (Phi) is 5.20. The number of carboxylic acid groups (broad SMARTS) is 1. The first kappa shape index (κ1) is 19.3. The van der Waals surface area contributed by atoms with Gasteiger partial charge in [0.2, 0.25) is 0 Å². The molecule has 1 heterocycles. The van der Waals surface area contributed by atoms with Gasteiger partial charge in [-0.05, 0) is 52.7 Å². The van der Waals surface area contributed by atoms with Crippen molar-refractivity contribution < 1.29 is 9.90 Å². The number of hydrogen-bond acceptors (Lipinski definition) is 3. The van der Waals surface area contributed by atoms with Gasteiger partial charge in [-0.25, -0.2) is 4.79 Å². The molecule has 0 aromatic heterocycles. The Hall–Kier alpha value is -2.46. The first-order valence-corrected chi connectivity index (χ1v) is 9.42. The van der Waals surface area contributed by atoms with Crippen molar-refractivity contribution >= 4 is 11.7 Å². The number of nitrogens with one attached hydrogen (secondary N) is 1. The van der Waals surface area contributed by atoms with Crippen LogP contribution in [0.25, 0.3) is 0 Å². The van der Waals surface area contributed by atoms with Crippen molar-refractivity contribution in [3.63, 3.8) is 0 Å². The zero-order valence-electron chi connectivity index (χ0n) is 16.5. The zero-order valence-corrected chi connectivity index (χ0v) is 16.5. The van der Waals surface area contributed by atoms with Gasteiger partial charge in [0.1, 0.15) is 0 Å². The molecule has 142 valence electrons. The Morgan fingerprint density at radius 1 is 0.889 bits per heavy atom. The summed E-state index contributed by atoms with van der Waals surface area (Å²) in [6.07, 6.45) is 1.92. The molecule has 0 bridgehead atoms. The van der Waals surface area contributed by atoms with Crippen LogP contribution in [0.15, 0.2) is 59.6 Å². The van der Waals surface area contributed by atoms with E-state index in [1.807, 2.05) is 30.3 Å². The quantitative estimate of drug-likeness (QED) is 0.784. The van der Waals surface area contributed by atoms with Crippen LogP contribution in [0.1, 0.15) is 62.0 Å². The Labute approximate surface area is 161 Å². The third-order valence-electron chi connectivity index (χ3n) is 4.93. The van der Waals surface area contributed by atoms with Crippen LogP contribution < -0.4 is 5.32 Å². The molecule has 0 unspecified atom stereocenters. The Morgan fingerprint density at radius 3 is 1.89 bits per heavy atom. The first-order chi connectivity index (χ1) is 12.7. The van der Waals surface area contributed by atoms with Crippen LogP contribution in [0.2, 0.25) is 0 Å². The number of piperidine rings is 1. The molecule has 0 amide bonds. The van der Waals surface area contributed by atoms with E-state index in [9.17, 15) is 9.90 Å². The number of aliphatic imine (C=N–C) groups is 1. The molecule has 4 heteroatoms. The van der Waals surface area contributed by atoms with Gasteiger partial charge < -0.3 is 10.4 Å². The number of rotatable bonds is 4. The molecule has 1 fully saturated rings. The predicted octanol–water partition coefficient (Wildman–Crippen LogP) is 4.53. The lowest BCUT2D eigenvalue weighted by Gasteiger charge is -2.45. The number of carbonyl (C=O) groups is 1. The largest absolute Gasteiger partial charge is 0.478 e. The summed E-state index contributed by atoms with van der Waals surface area (Å²) in [6, 6.07) is 17.3. The summed E-state index contributed by atoms with van der Waals surface area (Å²) in [4.78, 5) is 16.3. The molecule has 2 N–H and O–H groups in total. The normalized spacial score (nSPS) is 19.6. The van der Waals surface area contributed by atoms with Crippen LogP contribution in [-0.2, 0) is 0 Å². The lowest BCUT2D eigenvalue weighted by atomic mass is 9.79. The van der Waals surface area contributed by atoms with E-state index < -0.39 is 5.97 Å². The summed E-state index contributed by atoms with van der Waals surface area (Å²) in [5, 5.41) is 12.9. The maximum absolute atomic E-state index is 11.2. The molecular formula is C23H28N2O2. The van der Waals surface area contributed by atoms with Crippen LogP contribution in [0.3, 0.4) is 0 Å². The fourth-order valence-electron chi connectivity index (χ4n) is 4.22. The molecule has 2 aromatic rings. The fraction of sp³-hybridized carbons (Fsp3) is 0.391. The molecule has 1 aliphatic rings. The van der Waals surface area contributed by atoms with Crippen LogP contribution in [0.4, 0.5) is 0 Å². The minimum absolute atomic E-state index is 0.0187. The molecule has 0 saturated carbocycles. The Bertz CT molecular complexity index is 820. The highest BCUT2D eigenvalue weighted by atomic mass is 16.4. The van der Waals surface area contributed by atoms with Crippen molar-refractivity contribution in [1.29, 1.82) is 0 Å². The van der Waals surface area contributed by atoms with Crippen LogP contribution in [-0.4, -0.2) is 33.9 Å². The Morgan fingerprint density at radius 2 is 1.37 bits per heavy atom. The lowest BCUT2D eigenvalue weighted by molar-refractivity contribution is 0.0697. The van der Waals surface area contributed by atoms with Gasteiger partial charge in [-0.15, -0.1) is 0 Å². The van der Waals surface area contributed by atoms with Crippen molar-refractivity contribution in [3.05, 3.63) is 71.3 Å². The highest BCUT2D eigenvalue weighted by Crippen LogP contribution is 2.31. The van der Waals surface area contributed by atoms with Gasteiger partial charge in [-0.1, -0.05) is 42.5 Å². The molecule has 3 rings (SSSR count). The second-order valence-electron chi connectivity index (χ2n) is 8.68. The third kappa shape index (κ3) is 4.83. The van der Waals surface area contributed by atoms with Gasteiger partial charge in [0.15, 0.2) is 0 Å². The number of benzene rings is 2. The van der Waals surface area contributed by atoms with Gasteiger partial charge in [-0.3, -0.25) is 4.99 Å². The molecule has 1 saturated heterocycles. The van der Waals surface area contributed by atoms with Crippen molar-refractivity contribution in [3.8, 4) is 0 Å². The zero-order chi connectivity index (χ0) is 19.7. The number of aromatic carboxylic acids is 1. The summed E-state index contributed by atoms with van der Waals surface area (Å²) in [7, 11) is 0. The summed E-state index contributed by atoms with van der Waals surface area (Å²) in [5.41, 5.74) is 3.24. The van der Waals surface area contributed by atoms with Crippen LogP contribution in [0.5, 0.6) is 0 Å². The van der Waals surface area contributed by atoms with Gasteiger partial charge in [0, 0.05) is 22.2 Å². The average Bonchev–Trinajstić information content (AvgIpc) is 2.58. The second kappa shape index (κ2) is 7.28. The summed E-state index contributed by atoms with van der Waals surface area (Å²) in [5.74, 6) is -0.915. The van der Waals surface area contributed by atoms with E-state index in [1.165, 1.54) is 0 Å². The molecule has 1 aliphatic heterocycles. The van der Waals surface area contributed by atoms with E-state index in [-0.39, 0.29) is 22.7 Å². The van der Waals surface area contributed by atoms with Crippen LogP contribution in [0, 0.1) is 0 Å². The number of nitrogens with zero attached hydrogens (tertiary/aromatic N) is 1. The van der Waals surface area contributed by atoms with E-state index in [4.69, 9.17) is 4.99 Å². The van der Waals surface area contributed by atoms with E-state index in [2.05, 4.69) is 45.1 Å². The van der Waals surface area contributed by atoms with Crippen molar-refractivity contribution in [1.82, 2.24) is 5.32 Å². The molecule has 0 atom stereocenters. The molecule has 27 heavy (non-hydrogen) atoms. The lowest BCUT2D eigenvalue weighted by Crippen LogP contribution is -2.58. The SMILES string of the molecule is CC1(C)CC(N=C(c2ccccc2)c2ccc(C(=O)O)cc2)CC(C)(C)N1. The first-order valence-electron chi connectivity index (χ1n) is 9.42. The van der Waals surface area contributed by atoms with E-state index in [0.29, 0.717) is 0 Å². The monoisotopic (exact) mass is 364 g/mol. The van der Waals surface area contributed by atoms with Gasteiger partial charge in [0.25, 0.3) is 0 Å². The maximum atomic E-state index is 11.2. The van der Waals surface area contributed by atoms with Crippen LogP contribution >= 0.6 is 0 Å². The molecule has 2 aromatic carbocycles. The highest BCUT2D eigenvalue weighted by Gasteiger charge is 2.37. The van der Waals surface area contributed by atoms with Gasteiger partial charge in [0.05, 0.1) is 17.3 Å². The van der Waals surface area contributed by atoms with Crippen molar-refractivity contribution in [2.45, 2.75) is 57.7 Å². The second-order valence-corrected chi connectivity index (χ2v) is 8.68. The number of carboxylic acids is 1. The van der Waals surface area contributed by atoms with Gasteiger partial charge >= 0.3 is 5.97 Å². The van der Waals surface area contributed by atoms with Crippen molar-refractivity contribution in [2.75, 3.05) is 0 Å². The van der Waals surface area contributed by atoms with Crippen molar-refractivity contribution in [2.24, 2.45) is 4.99 Å². The minimum atomic E-state index is -0.915. The maximum Gasteiger partial charge on any atom is 0.335 e. The minimum Gasteiger partial charge on any atom is -0.478 e. The molecule has 0 spiro atoms. The highest BCUT2D eigenvalue weighted by molar-refractivity contribution is 6.13. The smallest absolute Gasteiger partial charge is 0.335 e. The van der Waals surface area contributed by atoms with E-state index in [1.54, 1.807) is 12.1 Å². The van der Waals surface area contributed by atoms with E-state index in [0.717, 1.165) is 29.7 Å². The molecular weight excluding hydrogens is 336 g/mol. The fourth-order valence-corrected chi connectivity index (χ4v) is 4.22. The Balaban J connectivity index is 2.02. The summed E-state index contributed by atoms with van der Waals surface area (Å²) in [6.45, 7) is 8.89. The molecule has 0 radical (unpaired) electrons. The summed E-state index contributed by atoms with van der Waals surface area (Å²) < 4.78 is 0.